The van der Waals surface area contributed by atoms with Crippen LogP contribution in [0.2, 0.25) is 0 Å². The van der Waals surface area contributed by atoms with E-state index in [2.05, 4.69) is 4.98 Å². The van der Waals surface area contributed by atoms with Crippen LogP contribution in [-0.2, 0) is 19.3 Å². The highest BCUT2D eigenvalue weighted by molar-refractivity contribution is 7.93. The molecule has 0 saturated carbocycles. The summed E-state index contributed by atoms with van der Waals surface area (Å²) in [4.78, 5) is 4.15. The first-order chi connectivity index (χ1) is 8.65. The van der Waals surface area contributed by atoms with Gasteiger partial charge in [-0.15, -0.1) is 11.3 Å². The third kappa shape index (κ3) is 2.26. The predicted octanol–water partition coefficient (Wildman–Crippen LogP) is 1.44. The third-order valence-electron chi connectivity index (χ3n) is 2.59. The van der Waals surface area contributed by atoms with E-state index in [0.717, 1.165) is 4.70 Å². The summed E-state index contributed by atoms with van der Waals surface area (Å²) in [6, 6.07) is 7.35. The summed E-state index contributed by atoms with van der Waals surface area (Å²) in [5.41, 5.74) is 0.703. The first kappa shape index (κ1) is 12.0. The molecule has 18 heavy (non-hydrogen) atoms. The van der Waals surface area contributed by atoms with Crippen LogP contribution in [0.25, 0.3) is 10.2 Å². The molecule has 5 nitrogen and oxygen atoms in total. The van der Waals surface area contributed by atoms with Gasteiger partial charge in [-0.25, -0.2) is 13.4 Å². The van der Waals surface area contributed by atoms with Crippen molar-refractivity contribution in [2.24, 2.45) is 0 Å². The molecule has 1 aliphatic heterocycles. The minimum Gasteiger partial charge on any atom is -0.349 e. The van der Waals surface area contributed by atoms with E-state index in [4.69, 9.17) is 9.47 Å². The number of fused-ring (bicyclic) bond motifs is 1. The molecule has 3 rings (SSSR count). The van der Waals surface area contributed by atoms with E-state index in [1.54, 1.807) is 6.07 Å². The highest BCUT2D eigenvalue weighted by Crippen LogP contribution is 2.26. The van der Waals surface area contributed by atoms with Crippen LogP contribution in [-0.4, -0.2) is 38.7 Å². The number of nitrogens with zero attached hydrogens (tertiary/aromatic N) is 1. The van der Waals surface area contributed by atoms with E-state index in [0.29, 0.717) is 18.7 Å². The van der Waals surface area contributed by atoms with Crippen LogP contribution in [0.5, 0.6) is 0 Å². The molecule has 2 aromatic rings. The van der Waals surface area contributed by atoms with Gasteiger partial charge in [-0.2, -0.15) is 0 Å². The highest BCUT2D eigenvalue weighted by Gasteiger charge is 2.28. The SMILES string of the molecule is O=S(=O)(CC1OCCO1)c1nc2ccccc2s1. The van der Waals surface area contributed by atoms with Crippen LogP contribution < -0.4 is 0 Å². The fourth-order valence-corrected chi connectivity index (χ4v) is 4.35. The van der Waals surface area contributed by atoms with Gasteiger partial charge in [-0.1, -0.05) is 12.1 Å². The molecule has 1 aromatic carbocycles. The van der Waals surface area contributed by atoms with Gasteiger partial charge in [0.05, 0.1) is 23.4 Å². The largest absolute Gasteiger partial charge is 0.349 e. The second kappa shape index (κ2) is 4.58. The molecule has 0 amide bonds. The summed E-state index contributed by atoms with van der Waals surface area (Å²) in [6.07, 6.45) is -0.665. The molecule has 0 N–H and O–H groups in total. The van der Waals surface area contributed by atoms with Crippen molar-refractivity contribution < 1.29 is 17.9 Å². The Hall–Kier alpha value is -1.02. The van der Waals surface area contributed by atoms with Gasteiger partial charge >= 0.3 is 0 Å². The Morgan fingerprint density at radius 1 is 1.28 bits per heavy atom. The third-order valence-corrected chi connectivity index (χ3v) is 5.76. The van der Waals surface area contributed by atoms with Gasteiger partial charge in [0.25, 0.3) is 0 Å². The summed E-state index contributed by atoms with van der Waals surface area (Å²) in [6.45, 7) is 0.889. The molecule has 1 fully saturated rings. The lowest BCUT2D eigenvalue weighted by atomic mass is 10.3. The lowest BCUT2D eigenvalue weighted by Crippen LogP contribution is -2.21. The number of aromatic nitrogens is 1. The number of para-hydroxylation sites is 1. The molecule has 96 valence electrons. The Kier molecular flexibility index (Phi) is 3.06. The van der Waals surface area contributed by atoms with Crippen LogP contribution >= 0.6 is 11.3 Å². The lowest BCUT2D eigenvalue weighted by molar-refractivity contribution is -0.0226. The van der Waals surface area contributed by atoms with Crippen molar-refractivity contribution in [1.82, 2.24) is 4.98 Å². The van der Waals surface area contributed by atoms with Gasteiger partial charge in [0.2, 0.25) is 14.2 Å². The number of thiazole rings is 1. The summed E-state index contributed by atoms with van der Waals surface area (Å²) in [5.74, 6) is -0.174. The molecule has 0 atom stereocenters. The molecule has 0 aliphatic carbocycles. The molecule has 0 unspecified atom stereocenters. The minimum absolute atomic E-state index is 0.128. The first-order valence-corrected chi connectivity index (χ1v) is 7.93. The van der Waals surface area contributed by atoms with Crippen LogP contribution in [0, 0.1) is 0 Å². The fourth-order valence-electron chi connectivity index (χ4n) is 1.74. The van der Waals surface area contributed by atoms with E-state index in [9.17, 15) is 8.42 Å². The predicted molar refractivity (Wildman–Crippen MR) is 67.4 cm³/mol. The zero-order valence-corrected chi connectivity index (χ0v) is 11.0. The van der Waals surface area contributed by atoms with Crippen molar-refractivity contribution in [3.63, 3.8) is 0 Å². The number of rotatable bonds is 3. The molecule has 1 aromatic heterocycles. The van der Waals surface area contributed by atoms with Gasteiger partial charge in [-0.3, -0.25) is 0 Å². The Labute approximate surface area is 108 Å². The Bertz CT molecular complexity index is 625. The molecular formula is C11H11NO4S2. The molecule has 1 aliphatic rings. The van der Waals surface area contributed by atoms with E-state index >= 15 is 0 Å². The van der Waals surface area contributed by atoms with E-state index in [1.807, 2.05) is 18.2 Å². The van der Waals surface area contributed by atoms with Gasteiger partial charge < -0.3 is 9.47 Å². The lowest BCUT2D eigenvalue weighted by Gasteiger charge is -2.07. The van der Waals surface area contributed by atoms with Crippen LogP contribution in [0.1, 0.15) is 0 Å². The topological polar surface area (TPSA) is 65.5 Å². The standard InChI is InChI=1S/C11H11NO4S2/c13-18(14,7-10-15-5-6-16-10)11-12-8-3-1-2-4-9(8)17-11/h1-4,10H,5-7H2. The zero-order valence-electron chi connectivity index (χ0n) is 9.40. The maximum Gasteiger partial charge on any atom is 0.210 e. The molecule has 0 spiro atoms. The quantitative estimate of drug-likeness (QED) is 0.854. The fraction of sp³-hybridized carbons (Fsp3) is 0.364. The average molecular weight is 285 g/mol. The number of sulfone groups is 1. The number of benzene rings is 1. The highest BCUT2D eigenvalue weighted by atomic mass is 32.2. The van der Waals surface area contributed by atoms with Crippen molar-refractivity contribution in [2.75, 3.05) is 19.0 Å². The van der Waals surface area contributed by atoms with E-state index in [1.165, 1.54) is 11.3 Å². The van der Waals surface area contributed by atoms with E-state index < -0.39 is 16.1 Å². The van der Waals surface area contributed by atoms with Crippen LogP contribution in [0.15, 0.2) is 28.6 Å². The van der Waals surface area contributed by atoms with Gasteiger partial charge in [0.1, 0.15) is 5.75 Å². The molecule has 7 heteroatoms. The Balaban J connectivity index is 1.92. The van der Waals surface area contributed by atoms with Crippen molar-refractivity contribution in [3.05, 3.63) is 24.3 Å². The average Bonchev–Trinajstić information content (AvgIpc) is 2.96. The maximum absolute atomic E-state index is 12.1. The number of hydrogen-bond acceptors (Lipinski definition) is 6. The van der Waals surface area contributed by atoms with Crippen molar-refractivity contribution >= 4 is 31.4 Å². The summed E-state index contributed by atoms with van der Waals surface area (Å²) in [5, 5.41) is 0. The summed E-state index contributed by atoms with van der Waals surface area (Å²) in [7, 11) is -3.45. The molecule has 1 saturated heterocycles. The summed E-state index contributed by atoms with van der Waals surface area (Å²) >= 11 is 1.18. The van der Waals surface area contributed by atoms with Crippen LogP contribution in [0.4, 0.5) is 0 Å². The van der Waals surface area contributed by atoms with Crippen molar-refractivity contribution in [1.29, 1.82) is 0 Å². The maximum atomic E-state index is 12.1. The second-order valence-electron chi connectivity index (χ2n) is 3.90. The molecule has 0 radical (unpaired) electrons. The molecule has 2 heterocycles. The van der Waals surface area contributed by atoms with Gasteiger partial charge in [0.15, 0.2) is 6.29 Å². The second-order valence-corrected chi connectivity index (χ2v) is 7.14. The normalized spacial score (nSPS) is 17.6. The van der Waals surface area contributed by atoms with Crippen molar-refractivity contribution in [2.45, 2.75) is 10.6 Å². The Morgan fingerprint density at radius 2 is 2.00 bits per heavy atom. The van der Waals surface area contributed by atoms with E-state index in [-0.39, 0.29) is 10.1 Å². The summed E-state index contributed by atoms with van der Waals surface area (Å²) < 4.78 is 35.6. The van der Waals surface area contributed by atoms with Gasteiger partial charge in [-0.05, 0) is 12.1 Å². The first-order valence-electron chi connectivity index (χ1n) is 5.47. The van der Waals surface area contributed by atoms with Crippen LogP contribution in [0.3, 0.4) is 0 Å². The minimum atomic E-state index is -3.45. The zero-order chi connectivity index (χ0) is 12.6. The number of ether oxygens (including phenoxy) is 2. The van der Waals surface area contributed by atoms with Gasteiger partial charge in [0, 0.05) is 0 Å². The smallest absolute Gasteiger partial charge is 0.210 e. The Morgan fingerprint density at radius 3 is 2.72 bits per heavy atom. The monoisotopic (exact) mass is 285 g/mol. The van der Waals surface area contributed by atoms with Crippen molar-refractivity contribution in [3.8, 4) is 0 Å². The molecular weight excluding hydrogens is 274 g/mol. The molecule has 0 bridgehead atoms. The number of hydrogen-bond donors (Lipinski definition) is 0.